The van der Waals surface area contributed by atoms with Gasteiger partial charge in [0.2, 0.25) is 5.88 Å². The maximum atomic E-state index is 13.4. The molecule has 0 aliphatic carbocycles. The lowest BCUT2D eigenvalue weighted by atomic mass is 10.2. The van der Waals surface area contributed by atoms with Crippen LogP contribution in [0.4, 0.5) is 4.39 Å². The molecule has 0 aliphatic heterocycles. The van der Waals surface area contributed by atoms with Crippen LogP contribution in [-0.4, -0.2) is 11.5 Å². The molecule has 3 nitrogen and oxygen atoms in total. The number of nitrogens with zero attached hydrogens (tertiary/aromatic N) is 1. The van der Waals surface area contributed by atoms with Crippen LogP contribution in [0.25, 0.3) is 0 Å². The van der Waals surface area contributed by atoms with Gasteiger partial charge in [-0.1, -0.05) is 31.2 Å². The van der Waals surface area contributed by atoms with Gasteiger partial charge >= 0.3 is 0 Å². The van der Waals surface area contributed by atoms with Gasteiger partial charge in [0.1, 0.15) is 12.4 Å². The molecule has 0 bridgehead atoms. The second kappa shape index (κ2) is 6.85. The van der Waals surface area contributed by atoms with E-state index in [1.807, 2.05) is 6.07 Å². The van der Waals surface area contributed by atoms with Crippen LogP contribution >= 0.6 is 0 Å². The minimum atomic E-state index is -0.258. The summed E-state index contributed by atoms with van der Waals surface area (Å²) in [4.78, 5) is 4.19. The summed E-state index contributed by atoms with van der Waals surface area (Å²) < 4.78 is 18.8. The number of halogens is 1. The molecule has 0 spiro atoms. The zero-order valence-electron chi connectivity index (χ0n) is 10.9. The largest absolute Gasteiger partial charge is 0.473 e. The van der Waals surface area contributed by atoms with Crippen molar-refractivity contribution in [2.75, 3.05) is 6.54 Å². The number of ether oxygens (including phenoxy) is 1. The van der Waals surface area contributed by atoms with Gasteiger partial charge in [-0.05, 0) is 18.2 Å². The Bertz CT molecular complexity index is 514. The van der Waals surface area contributed by atoms with Crippen LogP contribution in [0.3, 0.4) is 0 Å². The molecule has 0 saturated heterocycles. The van der Waals surface area contributed by atoms with Crippen molar-refractivity contribution in [1.82, 2.24) is 10.3 Å². The minimum Gasteiger partial charge on any atom is -0.473 e. The SMILES string of the molecule is CCNCc1ccc(OCc2ccccc2F)nc1. The van der Waals surface area contributed by atoms with E-state index in [9.17, 15) is 4.39 Å². The van der Waals surface area contributed by atoms with Crippen molar-refractivity contribution in [3.05, 3.63) is 59.5 Å². The van der Waals surface area contributed by atoms with Gasteiger partial charge in [-0.2, -0.15) is 0 Å². The van der Waals surface area contributed by atoms with Gasteiger partial charge < -0.3 is 10.1 Å². The summed E-state index contributed by atoms with van der Waals surface area (Å²) in [6.45, 7) is 3.95. The first-order chi connectivity index (χ1) is 9.29. The van der Waals surface area contributed by atoms with Crippen molar-refractivity contribution in [2.24, 2.45) is 0 Å². The Balaban J connectivity index is 1.91. The molecule has 2 rings (SSSR count). The third kappa shape index (κ3) is 4.03. The highest BCUT2D eigenvalue weighted by molar-refractivity contribution is 5.20. The van der Waals surface area contributed by atoms with Gasteiger partial charge in [0, 0.05) is 24.4 Å². The fourth-order valence-electron chi connectivity index (χ4n) is 1.64. The second-order valence-corrected chi connectivity index (χ2v) is 4.17. The number of rotatable bonds is 6. The van der Waals surface area contributed by atoms with E-state index in [0.717, 1.165) is 18.7 Å². The van der Waals surface area contributed by atoms with Gasteiger partial charge in [0.25, 0.3) is 0 Å². The monoisotopic (exact) mass is 260 g/mol. The highest BCUT2D eigenvalue weighted by atomic mass is 19.1. The number of hydrogen-bond donors (Lipinski definition) is 1. The van der Waals surface area contributed by atoms with E-state index in [4.69, 9.17) is 4.74 Å². The third-order valence-electron chi connectivity index (χ3n) is 2.71. The zero-order chi connectivity index (χ0) is 13.5. The summed E-state index contributed by atoms with van der Waals surface area (Å²) in [7, 11) is 0. The molecule has 4 heteroatoms. The van der Waals surface area contributed by atoms with Crippen molar-refractivity contribution in [3.63, 3.8) is 0 Å². The number of benzene rings is 1. The summed E-state index contributed by atoms with van der Waals surface area (Å²) in [6.07, 6.45) is 1.76. The molecule has 1 aromatic carbocycles. The van der Waals surface area contributed by atoms with E-state index in [1.165, 1.54) is 6.07 Å². The molecule has 0 saturated carbocycles. The summed E-state index contributed by atoms with van der Waals surface area (Å²) in [5.74, 6) is 0.245. The molecular weight excluding hydrogens is 243 g/mol. The van der Waals surface area contributed by atoms with E-state index >= 15 is 0 Å². The molecule has 1 heterocycles. The highest BCUT2D eigenvalue weighted by Crippen LogP contribution is 2.12. The fourth-order valence-corrected chi connectivity index (χ4v) is 1.64. The van der Waals surface area contributed by atoms with Crippen LogP contribution in [0.5, 0.6) is 5.88 Å². The number of nitrogens with one attached hydrogen (secondary N) is 1. The lowest BCUT2D eigenvalue weighted by Crippen LogP contribution is -2.11. The van der Waals surface area contributed by atoms with Crippen molar-refractivity contribution >= 4 is 0 Å². The molecule has 0 fully saturated rings. The van der Waals surface area contributed by atoms with Crippen LogP contribution in [-0.2, 0) is 13.2 Å². The van der Waals surface area contributed by atoms with Crippen LogP contribution in [0, 0.1) is 5.82 Å². The maximum absolute atomic E-state index is 13.4. The molecule has 100 valence electrons. The van der Waals surface area contributed by atoms with E-state index in [2.05, 4.69) is 17.2 Å². The normalized spacial score (nSPS) is 10.4. The minimum absolute atomic E-state index is 0.187. The lowest BCUT2D eigenvalue weighted by Gasteiger charge is -2.07. The van der Waals surface area contributed by atoms with Gasteiger partial charge in [0.15, 0.2) is 0 Å². The van der Waals surface area contributed by atoms with E-state index in [-0.39, 0.29) is 12.4 Å². The number of aromatic nitrogens is 1. The average Bonchev–Trinajstić information content (AvgIpc) is 2.45. The average molecular weight is 260 g/mol. The van der Waals surface area contributed by atoms with Crippen LogP contribution in [0.15, 0.2) is 42.6 Å². The first-order valence-corrected chi connectivity index (χ1v) is 6.31. The van der Waals surface area contributed by atoms with Crippen LogP contribution in [0.2, 0.25) is 0 Å². The molecule has 0 radical (unpaired) electrons. The fraction of sp³-hybridized carbons (Fsp3) is 0.267. The second-order valence-electron chi connectivity index (χ2n) is 4.17. The van der Waals surface area contributed by atoms with Gasteiger partial charge in [-0.3, -0.25) is 0 Å². The van der Waals surface area contributed by atoms with Gasteiger partial charge in [-0.25, -0.2) is 9.37 Å². The lowest BCUT2D eigenvalue weighted by molar-refractivity contribution is 0.288. The van der Waals surface area contributed by atoms with E-state index in [0.29, 0.717) is 11.4 Å². The third-order valence-corrected chi connectivity index (χ3v) is 2.71. The van der Waals surface area contributed by atoms with Gasteiger partial charge in [0.05, 0.1) is 0 Å². The van der Waals surface area contributed by atoms with Crippen LogP contribution in [0.1, 0.15) is 18.1 Å². The molecule has 0 aliphatic rings. The Kier molecular flexibility index (Phi) is 4.86. The maximum Gasteiger partial charge on any atom is 0.213 e. The topological polar surface area (TPSA) is 34.1 Å². The van der Waals surface area contributed by atoms with Gasteiger partial charge in [-0.15, -0.1) is 0 Å². The van der Waals surface area contributed by atoms with Crippen molar-refractivity contribution < 1.29 is 9.13 Å². The Hall–Kier alpha value is -1.94. The van der Waals surface area contributed by atoms with Crippen LogP contribution < -0.4 is 10.1 Å². The quantitative estimate of drug-likeness (QED) is 0.867. The Morgan fingerprint density at radius 2 is 2.05 bits per heavy atom. The summed E-state index contributed by atoms with van der Waals surface area (Å²) in [5, 5.41) is 3.22. The molecule has 0 amide bonds. The highest BCUT2D eigenvalue weighted by Gasteiger charge is 2.02. The zero-order valence-corrected chi connectivity index (χ0v) is 10.9. The molecule has 0 atom stereocenters. The molecule has 0 unspecified atom stereocenters. The summed E-state index contributed by atoms with van der Waals surface area (Å²) in [5.41, 5.74) is 1.63. The molecule has 19 heavy (non-hydrogen) atoms. The Morgan fingerprint density at radius 3 is 2.74 bits per heavy atom. The molecule has 1 N–H and O–H groups in total. The van der Waals surface area contributed by atoms with E-state index in [1.54, 1.807) is 30.5 Å². The summed E-state index contributed by atoms with van der Waals surface area (Å²) >= 11 is 0. The Labute approximate surface area is 112 Å². The van der Waals surface area contributed by atoms with Crippen molar-refractivity contribution in [3.8, 4) is 5.88 Å². The predicted octanol–water partition coefficient (Wildman–Crippen LogP) is 2.91. The van der Waals surface area contributed by atoms with Crippen molar-refractivity contribution in [1.29, 1.82) is 0 Å². The van der Waals surface area contributed by atoms with E-state index < -0.39 is 0 Å². The predicted molar refractivity (Wildman–Crippen MR) is 72.3 cm³/mol. The first-order valence-electron chi connectivity index (χ1n) is 6.31. The molecule has 2 aromatic rings. The standard InChI is InChI=1S/C15H17FN2O/c1-2-17-9-12-7-8-15(18-10-12)19-11-13-5-3-4-6-14(13)16/h3-8,10,17H,2,9,11H2,1H3. The molecular formula is C15H17FN2O. The smallest absolute Gasteiger partial charge is 0.213 e. The first kappa shape index (κ1) is 13.5. The number of pyridine rings is 1. The number of hydrogen-bond acceptors (Lipinski definition) is 3. The van der Waals surface area contributed by atoms with Crippen molar-refractivity contribution in [2.45, 2.75) is 20.1 Å². The summed E-state index contributed by atoms with van der Waals surface area (Å²) in [6, 6.07) is 10.3. The molecule has 1 aromatic heterocycles. The Morgan fingerprint density at radius 1 is 1.21 bits per heavy atom.